The Balaban J connectivity index is 1.48. The van der Waals surface area contributed by atoms with E-state index in [-0.39, 0.29) is 5.79 Å². The van der Waals surface area contributed by atoms with Gasteiger partial charge in [-0.25, -0.2) is 4.68 Å². The number of methoxy groups -OCH3 is 1. The van der Waals surface area contributed by atoms with Crippen LogP contribution in [-0.4, -0.2) is 35.9 Å². The van der Waals surface area contributed by atoms with Crippen LogP contribution in [0.2, 0.25) is 0 Å². The molecule has 2 aliphatic rings. The third-order valence-electron chi connectivity index (χ3n) is 4.98. The van der Waals surface area contributed by atoms with Crippen LogP contribution in [0.25, 0.3) is 0 Å². The van der Waals surface area contributed by atoms with Crippen molar-refractivity contribution >= 4 is 5.82 Å². The van der Waals surface area contributed by atoms with E-state index < -0.39 is 0 Å². The van der Waals surface area contributed by atoms with Crippen LogP contribution in [0.3, 0.4) is 0 Å². The number of nitrogens with zero attached hydrogens (tertiary/aromatic N) is 2. The summed E-state index contributed by atoms with van der Waals surface area (Å²) in [6.07, 6.45) is 2.83. The highest BCUT2D eigenvalue weighted by Crippen LogP contribution is 2.45. The highest BCUT2D eigenvalue weighted by Gasteiger charge is 2.45. The third-order valence-corrected chi connectivity index (χ3v) is 4.98. The van der Waals surface area contributed by atoms with Gasteiger partial charge in [-0.3, -0.25) is 0 Å². The highest BCUT2D eigenvalue weighted by atomic mass is 16.7. The molecule has 2 fully saturated rings. The van der Waals surface area contributed by atoms with Crippen molar-refractivity contribution in [3.05, 3.63) is 41.6 Å². The minimum absolute atomic E-state index is 0.350. The van der Waals surface area contributed by atoms with Gasteiger partial charge in [0.2, 0.25) is 0 Å². The van der Waals surface area contributed by atoms with Gasteiger partial charge in [0.05, 0.1) is 32.6 Å². The molecule has 6 nitrogen and oxygen atoms in total. The summed E-state index contributed by atoms with van der Waals surface area (Å²) in [5, 5.41) is 4.73. The number of aromatic nitrogens is 2. The summed E-state index contributed by atoms with van der Waals surface area (Å²) in [5.41, 5.74) is 8.35. The van der Waals surface area contributed by atoms with Gasteiger partial charge in [0.25, 0.3) is 0 Å². The third kappa shape index (κ3) is 2.87. The Morgan fingerprint density at radius 1 is 1.29 bits per heavy atom. The maximum absolute atomic E-state index is 6.17. The summed E-state index contributed by atoms with van der Waals surface area (Å²) in [7, 11) is 1.67. The van der Waals surface area contributed by atoms with Gasteiger partial charge in [0.1, 0.15) is 11.6 Å². The molecule has 1 saturated carbocycles. The van der Waals surface area contributed by atoms with E-state index in [1.54, 1.807) is 7.11 Å². The van der Waals surface area contributed by atoms with Crippen molar-refractivity contribution in [3.8, 4) is 5.75 Å². The first kappa shape index (κ1) is 15.5. The Morgan fingerprint density at radius 2 is 2.04 bits per heavy atom. The minimum Gasteiger partial charge on any atom is -0.497 e. The molecule has 0 radical (unpaired) electrons. The number of rotatable bonds is 4. The smallest absolute Gasteiger partial charge is 0.169 e. The molecule has 1 spiro atoms. The second-order valence-corrected chi connectivity index (χ2v) is 6.55. The molecular formula is C18H23N3O3. The van der Waals surface area contributed by atoms with Crippen LogP contribution < -0.4 is 10.5 Å². The zero-order chi connectivity index (χ0) is 16.6. The largest absolute Gasteiger partial charge is 0.497 e. The zero-order valence-corrected chi connectivity index (χ0v) is 13.9. The van der Waals surface area contributed by atoms with E-state index in [1.807, 2.05) is 35.0 Å². The monoisotopic (exact) mass is 329 g/mol. The van der Waals surface area contributed by atoms with Gasteiger partial charge in [-0.15, -0.1) is 0 Å². The predicted molar refractivity (Wildman–Crippen MR) is 90.0 cm³/mol. The van der Waals surface area contributed by atoms with Crippen LogP contribution >= 0.6 is 0 Å². The van der Waals surface area contributed by atoms with Crippen LogP contribution in [-0.2, 0) is 16.0 Å². The molecule has 2 aromatic rings. The Hall–Kier alpha value is -2.05. The molecule has 2 N–H and O–H groups in total. The van der Waals surface area contributed by atoms with E-state index in [9.17, 15) is 0 Å². The highest BCUT2D eigenvalue weighted by molar-refractivity contribution is 5.35. The van der Waals surface area contributed by atoms with Crippen LogP contribution in [0.4, 0.5) is 5.82 Å². The van der Waals surface area contributed by atoms with Crippen LogP contribution in [0, 0.1) is 0 Å². The lowest BCUT2D eigenvalue weighted by Gasteiger charge is -2.21. The number of nitrogens with two attached hydrogens (primary N) is 1. The molecule has 0 amide bonds. The molecule has 6 heteroatoms. The van der Waals surface area contributed by atoms with Gasteiger partial charge in [0, 0.05) is 24.8 Å². The molecule has 1 saturated heterocycles. The van der Waals surface area contributed by atoms with E-state index in [1.165, 1.54) is 0 Å². The van der Waals surface area contributed by atoms with Crippen LogP contribution in [0.15, 0.2) is 30.3 Å². The zero-order valence-electron chi connectivity index (χ0n) is 13.9. The van der Waals surface area contributed by atoms with Crippen LogP contribution in [0.1, 0.15) is 36.4 Å². The molecule has 1 aromatic carbocycles. The molecule has 2 heterocycles. The van der Waals surface area contributed by atoms with Gasteiger partial charge in [-0.05, 0) is 24.1 Å². The van der Waals surface area contributed by atoms with E-state index in [4.69, 9.17) is 25.0 Å². The van der Waals surface area contributed by atoms with Gasteiger partial charge in [-0.1, -0.05) is 12.1 Å². The maximum atomic E-state index is 6.17. The topological polar surface area (TPSA) is 71.5 Å². The maximum Gasteiger partial charge on any atom is 0.169 e. The number of benzene rings is 1. The Bertz CT molecular complexity index is 705. The van der Waals surface area contributed by atoms with E-state index in [0.29, 0.717) is 31.5 Å². The lowest BCUT2D eigenvalue weighted by molar-refractivity contribution is -0.151. The van der Waals surface area contributed by atoms with Gasteiger partial charge in [0.15, 0.2) is 5.79 Å². The number of anilines is 1. The number of hydrogen-bond acceptors (Lipinski definition) is 5. The molecule has 1 aromatic heterocycles. The molecular weight excluding hydrogens is 306 g/mol. The average Bonchev–Trinajstić information content (AvgIpc) is 3.31. The summed E-state index contributed by atoms with van der Waals surface area (Å²) < 4.78 is 18.7. The molecule has 1 atom stereocenters. The summed E-state index contributed by atoms with van der Waals surface area (Å²) in [4.78, 5) is 0. The molecule has 1 unspecified atom stereocenters. The first-order valence-electron chi connectivity index (χ1n) is 8.41. The molecule has 128 valence electrons. The van der Waals surface area contributed by atoms with Crippen molar-refractivity contribution in [1.29, 1.82) is 0 Å². The summed E-state index contributed by atoms with van der Waals surface area (Å²) in [6.45, 7) is 2.04. The summed E-state index contributed by atoms with van der Waals surface area (Å²) >= 11 is 0. The Kier molecular flexibility index (Phi) is 3.94. The van der Waals surface area contributed by atoms with Crippen molar-refractivity contribution in [2.45, 2.75) is 37.5 Å². The van der Waals surface area contributed by atoms with E-state index >= 15 is 0 Å². The summed E-state index contributed by atoms with van der Waals surface area (Å²) in [6, 6.07) is 9.95. The number of hydrogen-bond donors (Lipinski definition) is 1. The summed E-state index contributed by atoms with van der Waals surface area (Å²) in [5.74, 6) is 1.51. The van der Waals surface area contributed by atoms with Crippen LogP contribution in [0.5, 0.6) is 5.75 Å². The van der Waals surface area contributed by atoms with Crippen molar-refractivity contribution in [2.75, 3.05) is 26.1 Å². The first-order valence-corrected chi connectivity index (χ1v) is 8.41. The fraction of sp³-hybridized carbons (Fsp3) is 0.500. The van der Waals surface area contributed by atoms with Crippen molar-refractivity contribution < 1.29 is 14.2 Å². The fourth-order valence-corrected chi connectivity index (χ4v) is 3.67. The SMILES string of the molecule is COc1ccc(Cn2nc(C3CCC4(C3)OCCO4)cc2N)cc1. The second-order valence-electron chi connectivity index (χ2n) is 6.55. The quantitative estimate of drug-likeness (QED) is 0.933. The Morgan fingerprint density at radius 3 is 2.75 bits per heavy atom. The average molecular weight is 329 g/mol. The Labute approximate surface area is 141 Å². The van der Waals surface area contributed by atoms with Crippen molar-refractivity contribution in [3.63, 3.8) is 0 Å². The van der Waals surface area contributed by atoms with E-state index in [0.717, 1.165) is 36.3 Å². The lowest BCUT2D eigenvalue weighted by Crippen LogP contribution is -2.25. The first-order chi connectivity index (χ1) is 11.7. The number of nitrogen functional groups attached to an aromatic ring is 1. The molecule has 1 aliphatic heterocycles. The normalized spacial score (nSPS) is 22.3. The van der Waals surface area contributed by atoms with E-state index in [2.05, 4.69) is 0 Å². The number of ether oxygens (including phenoxy) is 3. The predicted octanol–water partition coefficient (Wildman–Crippen LogP) is 2.53. The van der Waals surface area contributed by atoms with Gasteiger partial charge in [-0.2, -0.15) is 5.10 Å². The molecule has 4 rings (SSSR count). The molecule has 24 heavy (non-hydrogen) atoms. The fourth-order valence-electron chi connectivity index (χ4n) is 3.67. The second kappa shape index (κ2) is 6.11. The van der Waals surface area contributed by atoms with Gasteiger partial charge < -0.3 is 19.9 Å². The van der Waals surface area contributed by atoms with Gasteiger partial charge >= 0.3 is 0 Å². The van der Waals surface area contributed by atoms with Crippen molar-refractivity contribution in [1.82, 2.24) is 9.78 Å². The lowest BCUT2D eigenvalue weighted by atomic mass is 10.0. The molecule has 0 bridgehead atoms. The standard InChI is InChI=1S/C18H23N3O3/c1-22-15-4-2-13(3-5-15)12-21-17(19)10-16(20-21)14-6-7-18(11-14)23-8-9-24-18/h2-5,10,14H,6-9,11-12,19H2,1H3. The minimum atomic E-state index is -0.376. The van der Waals surface area contributed by atoms with Crippen molar-refractivity contribution in [2.24, 2.45) is 0 Å². The molecule has 1 aliphatic carbocycles.